The van der Waals surface area contributed by atoms with Gasteiger partial charge in [0, 0.05) is 16.9 Å². The standard InChI is InChI=1S/C19H21NO5S/c1-4-25-19(22)16-13(10-26-18(16)20-17(21)11-5-6-11)12-7-8-14(23-2)15(9-12)24-3/h7-11H,4-6H2,1-3H3,(H,20,21). The zero-order chi connectivity index (χ0) is 18.7. The SMILES string of the molecule is CCOC(=O)c1c(-c2ccc(OC)c(OC)c2)csc1NC(=O)C1CC1. The van der Waals surface area contributed by atoms with Crippen molar-refractivity contribution < 1.29 is 23.8 Å². The predicted octanol–water partition coefficient (Wildman–Crippen LogP) is 3.96. The molecule has 0 unspecified atom stereocenters. The van der Waals surface area contributed by atoms with Crippen molar-refractivity contribution >= 4 is 28.2 Å². The summed E-state index contributed by atoms with van der Waals surface area (Å²) in [6.45, 7) is 2.01. The zero-order valence-corrected chi connectivity index (χ0v) is 15.8. The fraction of sp³-hybridized carbons (Fsp3) is 0.368. The first-order chi connectivity index (χ1) is 12.6. The number of carbonyl (C=O) groups is 2. The van der Waals surface area contributed by atoms with Crippen molar-refractivity contribution in [3.63, 3.8) is 0 Å². The van der Waals surface area contributed by atoms with Crippen molar-refractivity contribution in [3.8, 4) is 22.6 Å². The van der Waals surface area contributed by atoms with Crippen molar-refractivity contribution in [3.05, 3.63) is 29.1 Å². The summed E-state index contributed by atoms with van der Waals surface area (Å²) in [4.78, 5) is 24.7. The van der Waals surface area contributed by atoms with E-state index in [2.05, 4.69) is 5.32 Å². The Morgan fingerprint density at radius 3 is 2.54 bits per heavy atom. The molecule has 1 aromatic carbocycles. The van der Waals surface area contributed by atoms with Crippen LogP contribution in [0.15, 0.2) is 23.6 Å². The molecular formula is C19H21NO5S. The molecule has 1 saturated carbocycles. The number of hydrogen-bond donors (Lipinski definition) is 1. The van der Waals surface area contributed by atoms with Crippen molar-refractivity contribution in [2.24, 2.45) is 5.92 Å². The quantitative estimate of drug-likeness (QED) is 0.742. The van der Waals surface area contributed by atoms with E-state index in [1.54, 1.807) is 33.3 Å². The molecule has 7 heteroatoms. The summed E-state index contributed by atoms with van der Waals surface area (Å²) in [7, 11) is 3.13. The van der Waals surface area contributed by atoms with Gasteiger partial charge in [0.05, 0.1) is 20.8 Å². The maximum atomic E-state index is 12.5. The molecule has 2 aromatic rings. The average Bonchev–Trinajstić information content (AvgIpc) is 3.42. The van der Waals surface area contributed by atoms with E-state index in [9.17, 15) is 9.59 Å². The molecule has 1 fully saturated rings. The van der Waals surface area contributed by atoms with Crippen molar-refractivity contribution in [2.75, 3.05) is 26.1 Å². The van der Waals surface area contributed by atoms with Crippen LogP contribution >= 0.6 is 11.3 Å². The molecule has 0 spiro atoms. The highest BCUT2D eigenvalue weighted by Crippen LogP contribution is 2.40. The number of thiophene rings is 1. The van der Waals surface area contributed by atoms with Gasteiger partial charge < -0.3 is 19.5 Å². The summed E-state index contributed by atoms with van der Waals surface area (Å²) >= 11 is 1.32. The first-order valence-corrected chi connectivity index (χ1v) is 9.28. The van der Waals surface area contributed by atoms with Crippen molar-refractivity contribution in [2.45, 2.75) is 19.8 Å². The fourth-order valence-electron chi connectivity index (χ4n) is 2.63. The Labute approximate surface area is 156 Å². The number of benzene rings is 1. The lowest BCUT2D eigenvalue weighted by molar-refractivity contribution is -0.117. The summed E-state index contributed by atoms with van der Waals surface area (Å²) in [5.41, 5.74) is 1.85. The van der Waals surface area contributed by atoms with Gasteiger partial charge >= 0.3 is 5.97 Å². The van der Waals surface area contributed by atoms with E-state index in [-0.39, 0.29) is 18.4 Å². The Balaban J connectivity index is 2.01. The van der Waals surface area contributed by atoms with Gasteiger partial charge in [-0.15, -0.1) is 11.3 Å². The van der Waals surface area contributed by atoms with Crippen molar-refractivity contribution in [1.82, 2.24) is 0 Å². The molecule has 0 radical (unpaired) electrons. The monoisotopic (exact) mass is 375 g/mol. The van der Waals surface area contributed by atoms with Crippen LogP contribution in [-0.2, 0) is 9.53 Å². The van der Waals surface area contributed by atoms with E-state index in [1.165, 1.54) is 11.3 Å². The first kappa shape index (κ1) is 18.3. The Hall–Kier alpha value is -2.54. The molecule has 1 amide bonds. The van der Waals surface area contributed by atoms with E-state index in [0.29, 0.717) is 27.6 Å². The lowest BCUT2D eigenvalue weighted by Crippen LogP contribution is -2.15. The minimum atomic E-state index is -0.454. The smallest absolute Gasteiger partial charge is 0.341 e. The number of hydrogen-bond acceptors (Lipinski definition) is 6. The number of amides is 1. The maximum Gasteiger partial charge on any atom is 0.341 e. The Kier molecular flexibility index (Phi) is 5.46. The highest BCUT2D eigenvalue weighted by Gasteiger charge is 2.31. The fourth-order valence-corrected chi connectivity index (χ4v) is 3.59. The summed E-state index contributed by atoms with van der Waals surface area (Å²) in [5.74, 6) is 0.721. The normalized spacial score (nSPS) is 13.2. The van der Waals surface area contributed by atoms with Crippen LogP contribution in [0.25, 0.3) is 11.1 Å². The molecule has 1 aliphatic carbocycles. The zero-order valence-electron chi connectivity index (χ0n) is 15.0. The molecule has 1 aromatic heterocycles. The molecule has 26 heavy (non-hydrogen) atoms. The van der Waals surface area contributed by atoms with Gasteiger partial charge in [0.15, 0.2) is 11.5 Å². The van der Waals surface area contributed by atoms with Gasteiger partial charge in [-0.1, -0.05) is 6.07 Å². The molecule has 138 valence electrons. The molecule has 6 nitrogen and oxygen atoms in total. The van der Waals surface area contributed by atoms with Crippen LogP contribution in [0, 0.1) is 5.92 Å². The van der Waals surface area contributed by atoms with Gasteiger partial charge in [0.25, 0.3) is 0 Å². The van der Waals surface area contributed by atoms with E-state index in [0.717, 1.165) is 18.4 Å². The third-order valence-electron chi connectivity index (χ3n) is 4.15. The van der Waals surface area contributed by atoms with Crippen LogP contribution < -0.4 is 14.8 Å². The van der Waals surface area contributed by atoms with Gasteiger partial charge in [-0.25, -0.2) is 4.79 Å². The largest absolute Gasteiger partial charge is 0.493 e. The number of methoxy groups -OCH3 is 2. The van der Waals surface area contributed by atoms with E-state index in [4.69, 9.17) is 14.2 Å². The van der Waals surface area contributed by atoms with Gasteiger partial charge in [0.1, 0.15) is 10.6 Å². The van der Waals surface area contributed by atoms with Gasteiger partial charge in [-0.3, -0.25) is 4.79 Å². The molecule has 0 atom stereocenters. The van der Waals surface area contributed by atoms with Crippen LogP contribution in [0.2, 0.25) is 0 Å². The summed E-state index contributed by atoms with van der Waals surface area (Å²) < 4.78 is 15.8. The van der Waals surface area contributed by atoms with Crippen LogP contribution in [-0.4, -0.2) is 32.7 Å². The van der Waals surface area contributed by atoms with E-state index >= 15 is 0 Å². The highest BCUT2D eigenvalue weighted by atomic mass is 32.1. The van der Waals surface area contributed by atoms with Gasteiger partial charge in [-0.2, -0.15) is 0 Å². The molecule has 1 aliphatic rings. The van der Waals surface area contributed by atoms with Gasteiger partial charge in [-0.05, 0) is 37.5 Å². The predicted molar refractivity (Wildman–Crippen MR) is 100 cm³/mol. The number of rotatable bonds is 7. The number of anilines is 1. The number of ether oxygens (including phenoxy) is 3. The first-order valence-electron chi connectivity index (χ1n) is 8.40. The molecular weight excluding hydrogens is 354 g/mol. The van der Waals surface area contributed by atoms with Crippen molar-refractivity contribution in [1.29, 1.82) is 0 Å². The molecule has 3 rings (SSSR count). The highest BCUT2D eigenvalue weighted by molar-refractivity contribution is 7.15. The third kappa shape index (κ3) is 3.67. The minimum absolute atomic E-state index is 0.0451. The Morgan fingerprint density at radius 2 is 1.92 bits per heavy atom. The second kappa shape index (κ2) is 7.78. The molecule has 0 saturated heterocycles. The molecule has 0 aliphatic heterocycles. The molecule has 1 N–H and O–H groups in total. The summed E-state index contributed by atoms with van der Waals surface area (Å²) in [5, 5.41) is 5.24. The topological polar surface area (TPSA) is 73.9 Å². The number of nitrogens with one attached hydrogen (secondary N) is 1. The van der Waals surface area contributed by atoms with Crippen LogP contribution in [0.4, 0.5) is 5.00 Å². The molecule has 1 heterocycles. The second-order valence-corrected chi connectivity index (χ2v) is 6.79. The van der Waals surface area contributed by atoms with Crippen LogP contribution in [0.3, 0.4) is 0 Å². The minimum Gasteiger partial charge on any atom is -0.493 e. The number of esters is 1. The second-order valence-electron chi connectivity index (χ2n) is 5.91. The summed E-state index contributed by atoms with van der Waals surface area (Å²) in [6, 6.07) is 5.43. The molecule has 0 bridgehead atoms. The number of carbonyl (C=O) groups excluding carboxylic acids is 2. The third-order valence-corrected chi connectivity index (χ3v) is 5.05. The van der Waals surface area contributed by atoms with Gasteiger partial charge in [0.2, 0.25) is 5.91 Å². The maximum absolute atomic E-state index is 12.5. The van der Waals surface area contributed by atoms with Crippen LogP contribution in [0.1, 0.15) is 30.1 Å². The average molecular weight is 375 g/mol. The van der Waals surface area contributed by atoms with Crippen LogP contribution in [0.5, 0.6) is 11.5 Å². The van der Waals surface area contributed by atoms with E-state index < -0.39 is 5.97 Å². The Bertz CT molecular complexity index is 825. The van der Waals surface area contributed by atoms with E-state index in [1.807, 2.05) is 11.4 Å². The Morgan fingerprint density at radius 1 is 1.19 bits per heavy atom. The summed E-state index contributed by atoms with van der Waals surface area (Å²) in [6.07, 6.45) is 1.79. The lowest BCUT2D eigenvalue weighted by atomic mass is 10.0. The lowest BCUT2D eigenvalue weighted by Gasteiger charge is -2.11.